The molecule has 1 atom stereocenters. The lowest BCUT2D eigenvalue weighted by atomic mass is 9.91. The van der Waals surface area contributed by atoms with Gasteiger partial charge in [-0.1, -0.05) is 12.1 Å². The average Bonchev–Trinajstić information content (AvgIpc) is 2.75. The number of aliphatic carboxylic acids is 1. The molecule has 2 aliphatic heterocycles. The Bertz CT molecular complexity index is 1160. The summed E-state index contributed by atoms with van der Waals surface area (Å²) in [5.74, 6) is -3.05. The number of nitrogens with zero attached hydrogens (tertiary/aromatic N) is 2. The minimum Gasteiger partial charge on any atom is -0.507 e. The zero-order valence-electron chi connectivity index (χ0n) is 17.3. The molecule has 0 saturated heterocycles. The predicted molar refractivity (Wildman–Crippen MR) is 111 cm³/mol. The second-order valence-corrected chi connectivity index (χ2v) is 7.84. The van der Waals surface area contributed by atoms with E-state index in [2.05, 4.69) is 5.32 Å². The number of carboxylic acids is 1. The number of hydrogen-bond acceptors (Lipinski definition) is 5. The van der Waals surface area contributed by atoms with Crippen molar-refractivity contribution in [2.75, 3.05) is 36.5 Å². The van der Waals surface area contributed by atoms with Gasteiger partial charge in [0.05, 0.1) is 35.1 Å². The summed E-state index contributed by atoms with van der Waals surface area (Å²) < 4.78 is 53.7. The lowest BCUT2D eigenvalue weighted by Crippen LogP contribution is -2.47. The van der Waals surface area contributed by atoms with Gasteiger partial charge in [0.25, 0.3) is 5.91 Å². The van der Waals surface area contributed by atoms with Crippen LogP contribution in [0.15, 0.2) is 42.0 Å². The summed E-state index contributed by atoms with van der Waals surface area (Å²) >= 11 is 0. The van der Waals surface area contributed by atoms with E-state index in [-0.39, 0.29) is 29.9 Å². The SMILES string of the molecule is CN1CC(c2ccc(C(F)(F)F)cc2)N2CC(C(=O)NCC(=O)O)=C(O)c3ccc(F)c1c32. The summed E-state index contributed by atoms with van der Waals surface area (Å²) in [4.78, 5) is 26.7. The highest BCUT2D eigenvalue weighted by molar-refractivity contribution is 6.05. The summed E-state index contributed by atoms with van der Waals surface area (Å²) in [5, 5.41) is 21.8. The third-order valence-electron chi connectivity index (χ3n) is 5.76. The monoisotopic (exact) mass is 465 g/mol. The van der Waals surface area contributed by atoms with Crippen LogP contribution < -0.4 is 15.1 Å². The summed E-state index contributed by atoms with van der Waals surface area (Å²) in [6.07, 6.45) is -4.50. The van der Waals surface area contributed by atoms with Crippen LogP contribution in [0.3, 0.4) is 0 Å². The number of anilines is 2. The first kappa shape index (κ1) is 22.4. The number of aliphatic hydroxyl groups excluding tert-OH is 1. The van der Waals surface area contributed by atoms with Gasteiger partial charge in [-0.25, -0.2) is 4.39 Å². The summed E-state index contributed by atoms with van der Waals surface area (Å²) in [7, 11) is 1.63. The number of alkyl halides is 3. The Morgan fingerprint density at radius 2 is 1.79 bits per heavy atom. The van der Waals surface area contributed by atoms with E-state index in [1.807, 2.05) is 0 Å². The second kappa shape index (κ2) is 7.98. The summed E-state index contributed by atoms with van der Waals surface area (Å²) in [6.45, 7) is -0.661. The van der Waals surface area contributed by atoms with Gasteiger partial charge in [0, 0.05) is 19.2 Å². The third-order valence-corrected chi connectivity index (χ3v) is 5.76. The first-order valence-corrected chi connectivity index (χ1v) is 9.89. The first-order chi connectivity index (χ1) is 15.5. The molecule has 0 saturated carbocycles. The molecule has 0 aromatic heterocycles. The molecule has 11 heteroatoms. The van der Waals surface area contributed by atoms with Gasteiger partial charge in [0.2, 0.25) is 0 Å². The Hall–Kier alpha value is -3.76. The Kier molecular flexibility index (Phi) is 5.43. The van der Waals surface area contributed by atoms with Gasteiger partial charge in [0.15, 0.2) is 0 Å². The Morgan fingerprint density at radius 1 is 1.12 bits per heavy atom. The lowest BCUT2D eigenvalue weighted by Gasteiger charge is -2.46. The van der Waals surface area contributed by atoms with Gasteiger partial charge in [-0.2, -0.15) is 13.2 Å². The maximum absolute atomic E-state index is 14.7. The smallest absolute Gasteiger partial charge is 0.416 e. The topological polar surface area (TPSA) is 93.1 Å². The number of nitrogens with one attached hydrogen (secondary N) is 1. The van der Waals surface area contributed by atoms with Crippen molar-refractivity contribution in [2.24, 2.45) is 0 Å². The molecular weight excluding hydrogens is 446 g/mol. The van der Waals surface area contributed by atoms with Crippen molar-refractivity contribution in [2.45, 2.75) is 12.2 Å². The molecule has 2 aromatic carbocycles. The number of likely N-dealkylation sites (N-methyl/N-ethyl adjacent to an activating group) is 1. The van der Waals surface area contributed by atoms with Crippen LogP contribution in [0.2, 0.25) is 0 Å². The minimum atomic E-state index is -4.50. The van der Waals surface area contributed by atoms with Gasteiger partial charge in [-0.15, -0.1) is 0 Å². The van der Waals surface area contributed by atoms with Crippen LogP contribution in [0.1, 0.15) is 22.7 Å². The molecule has 2 heterocycles. The second-order valence-electron chi connectivity index (χ2n) is 7.84. The molecule has 3 N–H and O–H groups in total. The Morgan fingerprint density at radius 3 is 2.39 bits per heavy atom. The average molecular weight is 465 g/mol. The van der Waals surface area contributed by atoms with Crippen molar-refractivity contribution >= 4 is 29.0 Å². The molecule has 0 bridgehead atoms. The number of aliphatic hydroxyl groups is 1. The van der Waals surface area contributed by atoms with Crippen molar-refractivity contribution in [3.8, 4) is 0 Å². The van der Waals surface area contributed by atoms with Crippen molar-refractivity contribution in [3.63, 3.8) is 0 Å². The molecule has 0 aliphatic carbocycles. The van der Waals surface area contributed by atoms with Crippen molar-refractivity contribution in [3.05, 3.63) is 64.5 Å². The summed E-state index contributed by atoms with van der Waals surface area (Å²) in [5.41, 5.74) is 0.229. The van der Waals surface area contributed by atoms with E-state index in [9.17, 15) is 32.3 Å². The maximum Gasteiger partial charge on any atom is 0.416 e. The molecule has 2 aliphatic rings. The van der Waals surface area contributed by atoms with Crippen LogP contribution >= 0.6 is 0 Å². The van der Waals surface area contributed by atoms with Gasteiger partial charge < -0.3 is 25.3 Å². The first-order valence-electron chi connectivity index (χ1n) is 9.89. The molecule has 33 heavy (non-hydrogen) atoms. The molecule has 2 aromatic rings. The highest BCUT2D eigenvalue weighted by Crippen LogP contribution is 2.49. The van der Waals surface area contributed by atoms with E-state index in [0.717, 1.165) is 18.2 Å². The highest BCUT2D eigenvalue weighted by atomic mass is 19.4. The summed E-state index contributed by atoms with van der Waals surface area (Å²) in [6, 6.07) is 6.45. The van der Waals surface area contributed by atoms with Crippen molar-refractivity contribution < 1.29 is 37.4 Å². The standard InChI is InChI=1S/C22H19F4N3O4/c1-28-10-16(11-2-4-12(5-3-11)22(24,25)26)29-9-14(21(33)27-8-17(30)31)20(32)13-6-7-15(23)19(28)18(13)29/h2-7,16,32H,8-10H2,1H3,(H,27,33)(H,30,31). The van der Waals surface area contributed by atoms with Crippen LogP contribution in [-0.4, -0.2) is 48.8 Å². The largest absolute Gasteiger partial charge is 0.507 e. The Labute approximate surface area is 185 Å². The molecule has 7 nitrogen and oxygen atoms in total. The van der Waals surface area contributed by atoms with E-state index in [4.69, 9.17) is 5.11 Å². The number of carbonyl (C=O) groups is 2. The fourth-order valence-corrected chi connectivity index (χ4v) is 4.22. The number of amides is 1. The van der Waals surface area contributed by atoms with Gasteiger partial charge in [0.1, 0.15) is 18.1 Å². The predicted octanol–water partition coefficient (Wildman–Crippen LogP) is 3.33. The van der Waals surface area contributed by atoms with E-state index in [0.29, 0.717) is 11.3 Å². The molecule has 174 valence electrons. The molecule has 0 fully saturated rings. The van der Waals surface area contributed by atoms with E-state index < -0.39 is 47.8 Å². The van der Waals surface area contributed by atoms with Gasteiger partial charge in [-0.3, -0.25) is 9.59 Å². The zero-order valence-corrected chi connectivity index (χ0v) is 17.3. The highest BCUT2D eigenvalue weighted by Gasteiger charge is 2.40. The van der Waals surface area contributed by atoms with Crippen molar-refractivity contribution in [1.29, 1.82) is 0 Å². The molecular formula is C22H19F4N3O4. The lowest BCUT2D eigenvalue weighted by molar-refractivity contribution is -0.138. The van der Waals surface area contributed by atoms with Crippen LogP contribution in [0.25, 0.3) is 5.76 Å². The van der Waals surface area contributed by atoms with E-state index in [1.165, 1.54) is 18.2 Å². The molecule has 4 rings (SSSR count). The maximum atomic E-state index is 14.7. The van der Waals surface area contributed by atoms with E-state index >= 15 is 0 Å². The number of halogens is 4. The fourth-order valence-electron chi connectivity index (χ4n) is 4.22. The number of rotatable bonds is 4. The number of carboxylic acid groups (broad SMARTS) is 1. The Balaban J connectivity index is 1.80. The normalized spacial score (nSPS) is 17.7. The fraction of sp³-hybridized carbons (Fsp3) is 0.273. The molecule has 0 spiro atoms. The van der Waals surface area contributed by atoms with Crippen LogP contribution in [0, 0.1) is 5.82 Å². The third kappa shape index (κ3) is 3.94. The van der Waals surface area contributed by atoms with Crippen LogP contribution in [0.4, 0.5) is 28.9 Å². The van der Waals surface area contributed by atoms with Crippen molar-refractivity contribution in [1.82, 2.24) is 5.32 Å². The molecule has 1 unspecified atom stereocenters. The van der Waals surface area contributed by atoms with Gasteiger partial charge >= 0.3 is 12.1 Å². The van der Waals surface area contributed by atoms with Crippen LogP contribution in [-0.2, 0) is 15.8 Å². The minimum absolute atomic E-state index is 0.122. The van der Waals surface area contributed by atoms with Crippen LogP contribution in [0.5, 0.6) is 0 Å². The number of hydrogen-bond donors (Lipinski definition) is 3. The number of benzene rings is 2. The van der Waals surface area contributed by atoms with E-state index in [1.54, 1.807) is 16.8 Å². The molecule has 0 radical (unpaired) electrons. The zero-order chi connectivity index (χ0) is 24.1. The molecule has 1 amide bonds. The van der Waals surface area contributed by atoms with Gasteiger partial charge in [-0.05, 0) is 29.8 Å². The number of carbonyl (C=O) groups excluding carboxylic acids is 1. The quantitative estimate of drug-likeness (QED) is 0.600.